The van der Waals surface area contributed by atoms with Crippen molar-refractivity contribution in [2.24, 2.45) is 0 Å². The number of morpholine rings is 1. The summed E-state index contributed by atoms with van der Waals surface area (Å²) in [5.74, 6) is -0.444. The fourth-order valence-electron chi connectivity index (χ4n) is 1.90. The van der Waals surface area contributed by atoms with Crippen LogP contribution in [-0.2, 0) is 9.53 Å². The maximum Gasteiger partial charge on any atom is 0.246 e. The number of amides is 1. The van der Waals surface area contributed by atoms with Crippen molar-refractivity contribution in [3.05, 3.63) is 48.3 Å². The summed E-state index contributed by atoms with van der Waals surface area (Å²) >= 11 is 0. The second-order valence-electron chi connectivity index (χ2n) is 3.87. The highest BCUT2D eigenvalue weighted by Crippen LogP contribution is 2.24. The number of rotatable bonds is 2. The minimum Gasteiger partial charge on any atom is -0.370 e. The lowest BCUT2D eigenvalue weighted by Gasteiger charge is -2.32. The third-order valence-corrected chi connectivity index (χ3v) is 2.80. The lowest BCUT2D eigenvalue weighted by atomic mass is 10.1. The first-order chi connectivity index (χ1) is 8.22. The van der Waals surface area contributed by atoms with E-state index in [0.29, 0.717) is 25.3 Å². The van der Waals surface area contributed by atoms with Crippen molar-refractivity contribution in [3.8, 4) is 0 Å². The van der Waals surface area contributed by atoms with Gasteiger partial charge in [-0.1, -0.05) is 24.8 Å². The molecule has 0 aliphatic carbocycles. The Bertz CT molecular complexity index is 433. The highest BCUT2D eigenvalue weighted by Gasteiger charge is 2.25. The molecule has 1 saturated heterocycles. The molecule has 3 nitrogen and oxygen atoms in total. The SMILES string of the molecule is C=CC(=O)N1CCOC(c2ccccc2F)C1. The molecule has 1 aliphatic heterocycles. The van der Waals surface area contributed by atoms with E-state index in [1.165, 1.54) is 12.1 Å². The molecule has 1 aliphatic rings. The molecule has 4 heteroatoms. The van der Waals surface area contributed by atoms with E-state index in [1.54, 1.807) is 23.1 Å². The van der Waals surface area contributed by atoms with E-state index >= 15 is 0 Å². The zero-order valence-corrected chi connectivity index (χ0v) is 9.43. The summed E-state index contributed by atoms with van der Waals surface area (Å²) in [5.41, 5.74) is 0.495. The molecule has 0 spiro atoms. The van der Waals surface area contributed by atoms with Crippen molar-refractivity contribution in [1.29, 1.82) is 0 Å². The van der Waals surface area contributed by atoms with Gasteiger partial charge >= 0.3 is 0 Å². The summed E-state index contributed by atoms with van der Waals surface area (Å²) in [6, 6.07) is 6.47. The Balaban J connectivity index is 2.15. The van der Waals surface area contributed by atoms with Crippen molar-refractivity contribution >= 4 is 5.91 Å². The van der Waals surface area contributed by atoms with Crippen LogP contribution in [0.25, 0.3) is 0 Å². The molecule has 0 bridgehead atoms. The number of halogens is 1. The first kappa shape index (κ1) is 11.8. The fraction of sp³-hybridized carbons (Fsp3) is 0.308. The second kappa shape index (κ2) is 5.10. The number of carbonyl (C=O) groups is 1. The summed E-state index contributed by atoms with van der Waals surface area (Å²) in [6.07, 6.45) is 0.873. The van der Waals surface area contributed by atoms with Crippen molar-refractivity contribution in [2.45, 2.75) is 6.10 Å². The Hall–Kier alpha value is -1.68. The van der Waals surface area contributed by atoms with Gasteiger partial charge in [-0.2, -0.15) is 0 Å². The molecule has 90 valence electrons. The number of carbonyl (C=O) groups excluding carboxylic acids is 1. The predicted molar refractivity (Wildman–Crippen MR) is 61.9 cm³/mol. The van der Waals surface area contributed by atoms with Gasteiger partial charge in [-0.25, -0.2) is 4.39 Å². The van der Waals surface area contributed by atoms with Crippen LogP contribution in [0, 0.1) is 5.82 Å². The average Bonchev–Trinajstić information content (AvgIpc) is 2.38. The lowest BCUT2D eigenvalue weighted by Crippen LogP contribution is -2.41. The predicted octanol–water partition coefficient (Wildman–Crippen LogP) is 1.91. The van der Waals surface area contributed by atoms with Gasteiger partial charge in [-0.15, -0.1) is 0 Å². The van der Waals surface area contributed by atoms with E-state index in [2.05, 4.69) is 6.58 Å². The number of ether oxygens (including phenoxy) is 1. The normalized spacial score (nSPS) is 20.1. The molecule has 0 aromatic heterocycles. The van der Waals surface area contributed by atoms with Crippen LogP contribution < -0.4 is 0 Å². The van der Waals surface area contributed by atoms with Crippen molar-refractivity contribution < 1.29 is 13.9 Å². The monoisotopic (exact) mass is 235 g/mol. The molecule has 1 heterocycles. The second-order valence-corrected chi connectivity index (χ2v) is 3.87. The van der Waals surface area contributed by atoms with E-state index < -0.39 is 6.10 Å². The molecular weight excluding hydrogens is 221 g/mol. The molecule has 1 atom stereocenters. The van der Waals surface area contributed by atoms with Gasteiger partial charge in [0.1, 0.15) is 11.9 Å². The van der Waals surface area contributed by atoms with Gasteiger partial charge in [0.05, 0.1) is 13.2 Å². The van der Waals surface area contributed by atoms with Crippen LogP contribution in [0.15, 0.2) is 36.9 Å². The van der Waals surface area contributed by atoms with Gasteiger partial charge in [-0.05, 0) is 12.1 Å². The van der Waals surface area contributed by atoms with E-state index in [1.807, 2.05) is 0 Å². The molecule has 0 radical (unpaired) electrons. The molecule has 1 aromatic rings. The minimum atomic E-state index is -0.395. The fourth-order valence-corrected chi connectivity index (χ4v) is 1.90. The van der Waals surface area contributed by atoms with Crippen LogP contribution >= 0.6 is 0 Å². The van der Waals surface area contributed by atoms with E-state index in [0.717, 1.165) is 0 Å². The Morgan fingerprint density at radius 1 is 1.53 bits per heavy atom. The van der Waals surface area contributed by atoms with Crippen LogP contribution in [0.2, 0.25) is 0 Å². The highest BCUT2D eigenvalue weighted by molar-refractivity contribution is 5.87. The maximum absolute atomic E-state index is 13.6. The number of nitrogens with zero attached hydrogens (tertiary/aromatic N) is 1. The molecule has 1 unspecified atom stereocenters. The Morgan fingerprint density at radius 2 is 2.29 bits per heavy atom. The summed E-state index contributed by atoms with van der Waals surface area (Å²) in [5, 5.41) is 0. The first-order valence-electron chi connectivity index (χ1n) is 5.49. The van der Waals surface area contributed by atoms with Gasteiger partial charge in [0, 0.05) is 12.1 Å². The van der Waals surface area contributed by atoms with E-state index in [9.17, 15) is 9.18 Å². The van der Waals surface area contributed by atoms with Crippen LogP contribution in [-0.4, -0.2) is 30.5 Å². The van der Waals surface area contributed by atoms with Crippen LogP contribution in [0.5, 0.6) is 0 Å². The standard InChI is InChI=1S/C13H14FNO2/c1-2-13(16)15-7-8-17-12(9-15)10-5-3-4-6-11(10)14/h2-6,12H,1,7-9H2. The van der Waals surface area contributed by atoms with Gasteiger partial charge < -0.3 is 9.64 Å². The van der Waals surface area contributed by atoms with Gasteiger partial charge in [-0.3, -0.25) is 4.79 Å². The van der Waals surface area contributed by atoms with E-state index in [4.69, 9.17) is 4.74 Å². The third-order valence-electron chi connectivity index (χ3n) is 2.80. The molecule has 2 rings (SSSR count). The zero-order chi connectivity index (χ0) is 12.3. The van der Waals surface area contributed by atoms with Crippen LogP contribution in [0.3, 0.4) is 0 Å². The van der Waals surface area contributed by atoms with Gasteiger partial charge in [0.25, 0.3) is 0 Å². The Kier molecular flexibility index (Phi) is 3.54. The highest BCUT2D eigenvalue weighted by atomic mass is 19.1. The summed E-state index contributed by atoms with van der Waals surface area (Å²) in [4.78, 5) is 13.1. The third kappa shape index (κ3) is 2.53. The molecule has 17 heavy (non-hydrogen) atoms. The lowest BCUT2D eigenvalue weighted by molar-refractivity contribution is -0.133. The Morgan fingerprint density at radius 3 is 3.00 bits per heavy atom. The van der Waals surface area contributed by atoms with Crippen molar-refractivity contribution in [2.75, 3.05) is 19.7 Å². The molecule has 1 amide bonds. The molecule has 1 fully saturated rings. The van der Waals surface area contributed by atoms with Gasteiger partial charge in [0.2, 0.25) is 5.91 Å². The summed E-state index contributed by atoms with van der Waals surface area (Å²) < 4.78 is 19.1. The van der Waals surface area contributed by atoms with Crippen molar-refractivity contribution in [3.63, 3.8) is 0 Å². The van der Waals surface area contributed by atoms with Crippen molar-refractivity contribution in [1.82, 2.24) is 4.90 Å². The number of hydrogen-bond acceptors (Lipinski definition) is 2. The van der Waals surface area contributed by atoms with Crippen LogP contribution in [0.1, 0.15) is 11.7 Å². The molecular formula is C13H14FNO2. The molecule has 0 N–H and O–H groups in total. The number of benzene rings is 1. The zero-order valence-electron chi connectivity index (χ0n) is 9.43. The molecule has 0 saturated carbocycles. The quantitative estimate of drug-likeness (QED) is 0.733. The van der Waals surface area contributed by atoms with Crippen LogP contribution in [0.4, 0.5) is 4.39 Å². The topological polar surface area (TPSA) is 29.5 Å². The maximum atomic E-state index is 13.6. The summed E-state index contributed by atoms with van der Waals surface area (Å²) in [6.45, 7) is 4.75. The Labute approximate surface area is 99.5 Å². The minimum absolute atomic E-state index is 0.144. The van der Waals surface area contributed by atoms with Gasteiger partial charge in [0.15, 0.2) is 0 Å². The average molecular weight is 235 g/mol. The van der Waals surface area contributed by atoms with E-state index in [-0.39, 0.29) is 11.7 Å². The smallest absolute Gasteiger partial charge is 0.246 e. The summed E-state index contributed by atoms with van der Waals surface area (Å²) in [7, 11) is 0. The molecule has 1 aromatic carbocycles. The number of hydrogen-bond donors (Lipinski definition) is 0. The first-order valence-corrected chi connectivity index (χ1v) is 5.49. The largest absolute Gasteiger partial charge is 0.370 e.